The molecule has 2 aromatic carbocycles. The maximum Gasteiger partial charge on any atom is 0.0684 e. The molecule has 0 saturated carbocycles. The van der Waals surface area contributed by atoms with E-state index in [2.05, 4.69) is 48.0 Å². The highest BCUT2D eigenvalue weighted by atomic mass is 35.5. The Labute approximate surface area is 160 Å². The Morgan fingerprint density at radius 3 is 2.44 bits per heavy atom. The van der Waals surface area contributed by atoms with Crippen LogP contribution in [0, 0.1) is 6.92 Å². The van der Waals surface area contributed by atoms with Gasteiger partial charge in [0, 0.05) is 35.9 Å². The van der Waals surface area contributed by atoms with Gasteiger partial charge in [0.1, 0.15) is 0 Å². The molecular weight excluding hydrogens is 355 g/mol. The minimum atomic E-state index is 0.172. The zero-order valence-corrected chi connectivity index (χ0v) is 16.4. The molecule has 1 heterocycles. The molecule has 0 aromatic heterocycles. The summed E-state index contributed by atoms with van der Waals surface area (Å²) in [6.45, 7) is 4.58. The maximum absolute atomic E-state index is 6.53. The van der Waals surface area contributed by atoms with Crippen LogP contribution >= 0.6 is 23.2 Å². The number of halogens is 2. The molecule has 0 bridgehead atoms. The SMILES string of the molecule is COC[C@H]1CN(c2ccc(C)cc2)[C@@H](c2ccc(Cl)cc2Cl)CN1C. The monoisotopic (exact) mass is 378 g/mol. The number of hydrogen-bond donors (Lipinski definition) is 0. The quantitative estimate of drug-likeness (QED) is 0.758. The number of methoxy groups -OCH3 is 1. The summed E-state index contributed by atoms with van der Waals surface area (Å²) in [7, 11) is 3.90. The highest BCUT2D eigenvalue weighted by molar-refractivity contribution is 6.35. The van der Waals surface area contributed by atoms with Crippen LogP contribution in [0.25, 0.3) is 0 Å². The van der Waals surface area contributed by atoms with Gasteiger partial charge in [0.15, 0.2) is 0 Å². The van der Waals surface area contributed by atoms with Gasteiger partial charge in [0.05, 0.1) is 18.7 Å². The van der Waals surface area contributed by atoms with Crippen LogP contribution in [-0.4, -0.2) is 44.8 Å². The Bertz CT molecular complexity index is 720. The number of piperazine rings is 1. The highest BCUT2D eigenvalue weighted by Crippen LogP contribution is 2.36. The lowest BCUT2D eigenvalue weighted by atomic mass is 9.98. The van der Waals surface area contributed by atoms with Crippen molar-refractivity contribution >= 4 is 28.9 Å². The number of hydrogen-bond acceptors (Lipinski definition) is 3. The first-order chi connectivity index (χ1) is 12.0. The molecule has 134 valence electrons. The first-order valence-corrected chi connectivity index (χ1v) is 9.22. The van der Waals surface area contributed by atoms with E-state index in [0.29, 0.717) is 22.7 Å². The molecular formula is C20H24Cl2N2O. The third kappa shape index (κ3) is 4.12. The maximum atomic E-state index is 6.53. The van der Waals surface area contributed by atoms with E-state index in [0.717, 1.165) is 18.7 Å². The Morgan fingerprint density at radius 2 is 1.80 bits per heavy atom. The molecule has 0 N–H and O–H groups in total. The zero-order valence-electron chi connectivity index (χ0n) is 14.9. The number of anilines is 1. The third-order valence-electron chi connectivity index (χ3n) is 4.91. The molecule has 3 rings (SSSR count). The fourth-order valence-electron chi connectivity index (χ4n) is 3.45. The third-order valence-corrected chi connectivity index (χ3v) is 5.48. The summed E-state index contributed by atoms with van der Waals surface area (Å²) in [4.78, 5) is 4.78. The second kappa shape index (κ2) is 7.96. The van der Waals surface area contributed by atoms with Crippen molar-refractivity contribution < 1.29 is 4.74 Å². The van der Waals surface area contributed by atoms with Crippen molar-refractivity contribution in [2.45, 2.75) is 19.0 Å². The minimum Gasteiger partial charge on any atom is -0.383 e. The molecule has 1 aliphatic rings. The molecule has 1 aliphatic heterocycles. The lowest BCUT2D eigenvalue weighted by molar-refractivity contribution is 0.0873. The van der Waals surface area contributed by atoms with Crippen molar-refractivity contribution in [1.29, 1.82) is 0 Å². The summed E-state index contributed by atoms with van der Waals surface area (Å²) in [5, 5.41) is 1.38. The molecule has 0 unspecified atom stereocenters. The fraction of sp³-hybridized carbons (Fsp3) is 0.400. The van der Waals surface area contributed by atoms with Crippen LogP contribution in [0.4, 0.5) is 5.69 Å². The second-order valence-corrected chi connectivity index (χ2v) is 7.56. The van der Waals surface area contributed by atoms with Crippen molar-refractivity contribution in [1.82, 2.24) is 4.90 Å². The van der Waals surface area contributed by atoms with Crippen molar-refractivity contribution in [3.05, 3.63) is 63.6 Å². The van der Waals surface area contributed by atoms with E-state index in [-0.39, 0.29) is 6.04 Å². The van der Waals surface area contributed by atoms with Gasteiger partial charge < -0.3 is 9.64 Å². The smallest absolute Gasteiger partial charge is 0.0684 e. The summed E-state index contributed by atoms with van der Waals surface area (Å²) >= 11 is 12.6. The van der Waals surface area contributed by atoms with Crippen molar-refractivity contribution in [3.63, 3.8) is 0 Å². The molecule has 3 nitrogen and oxygen atoms in total. The molecule has 2 aromatic rings. The van der Waals surface area contributed by atoms with Gasteiger partial charge in [-0.2, -0.15) is 0 Å². The van der Waals surface area contributed by atoms with Gasteiger partial charge in [-0.3, -0.25) is 4.90 Å². The molecule has 0 aliphatic carbocycles. The zero-order chi connectivity index (χ0) is 18.0. The van der Waals surface area contributed by atoms with E-state index in [1.807, 2.05) is 18.2 Å². The molecule has 2 atom stereocenters. The predicted octanol–water partition coefficient (Wildman–Crippen LogP) is 4.81. The van der Waals surface area contributed by atoms with E-state index in [4.69, 9.17) is 27.9 Å². The van der Waals surface area contributed by atoms with E-state index in [9.17, 15) is 0 Å². The van der Waals surface area contributed by atoms with Crippen LogP contribution < -0.4 is 4.90 Å². The molecule has 0 amide bonds. The van der Waals surface area contributed by atoms with Crippen LogP contribution in [0.1, 0.15) is 17.2 Å². The topological polar surface area (TPSA) is 15.7 Å². The minimum absolute atomic E-state index is 0.172. The van der Waals surface area contributed by atoms with E-state index < -0.39 is 0 Å². The Balaban J connectivity index is 1.98. The summed E-state index contributed by atoms with van der Waals surface area (Å²) in [6.07, 6.45) is 0. The number of nitrogens with zero attached hydrogens (tertiary/aromatic N) is 2. The van der Waals surface area contributed by atoms with Gasteiger partial charge in [0.25, 0.3) is 0 Å². The first-order valence-electron chi connectivity index (χ1n) is 8.47. The predicted molar refractivity (Wildman–Crippen MR) is 106 cm³/mol. The molecule has 5 heteroatoms. The second-order valence-electron chi connectivity index (χ2n) is 6.72. The number of ether oxygens (including phenoxy) is 1. The van der Waals surface area contributed by atoms with Crippen molar-refractivity contribution in [2.75, 3.05) is 38.8 Å². The van der Waals surface area contributed by atoms with Crippen LogP contribution in [0.5, 0.6) is 0 Å². The Morgan fingerprint density at radius 1 is 1.08 bits per heavy atom. The Hall–Kier alpha value is -1.26. The lowest BCUT2D eigenvalue weighted by Gasteiger charge is -2.46. The van der Waals surface area contributed by atoms with Gasteiger partial charge in [-0.15, -0.1) is 0 Å². The van der Waals surface area contributed by atoms with Gasteiger partial charge >= 0.3 is 0 Å². The van der Waals surface area contributed by atoms with Gasteiger partial charge in [0.2, 0.25) is 0 Å². The van der Waals surface area contributed by atoms with Crippen LogP contribution in [-0.2, 0) is 4.74 Å². The summed E-state index contributed by atoms with van der Waals surface area (Å²) in [5.74, 6) is 0. The lowest BCUT2D eigenvalue weighted by Crippen LogP contribution is -2.54. The summed E-state index contributed by atoms with van der Waals surface area (Å²) in [5.41, 5.74) is 3.57. The Kier molecular flexibility index (Phi) is 5.90. The standard InChI is InChI=1S/C20H24Cl2N2O/c1-14-4-7-16(8-5-14)24-11-17(13-25-3)23(2)12-20(24)18-9-6-15(21)10-19(18)22/h4-10,17,20H,11-13H2,1-3H3/t17-,20-/m1/s1. The summed E-state index contributed by atoms with van der Waals surface area (Å²) in [6, 6.07) is 15.0. The van der Waals surface area contributed by atoms with E-state index in [1.54, 1.807) is 7.11 Å². The van der Waals surface area contributed by atoms with Crippen LogP contribution in [0.15, 0.2) is 42.5 Å². The molecule has 0 spiro atoms. The number of likely N-dealkylation sites (N-methyl/N-ethyl adjacent to an activating group) is 1. The van der Waals surface area contributed by atoms with Crippen molar-refractivity contribution in [2.24, 2.45) is 0 Å². The largest absolute Gasteiger partial charge is 0.383 e. The van der Waals surface area contributed by atoms with E-state index in [1.165, 1.54) is 11.3 Å². The molecule has 0 radical (unpaired) electrons. The molecule has 1 fully saturated rings. The van der Waals surface area contributed by atoms with Crippen LogP contribution in [0.2, 0.25) is 10.0 Å². The molecule has 1 saturated heterocycles. The normalized spacial score (nSPS) is 21.6. The van der Waals surface area contributed by atoms with Gasteiger partial charge in [-0.05, 0) is 43.8 Å². The average Bonchev–Trinajstić information content (AvgIpc) is 2.58. The molecule has 25 heavy (non-hydrogen) atoms. The van der Waals surface area contributed by atoms with Gasteiger partial charge in [-0.25, -0.2) is 0 Å². The number of rotatable bonds is 4. The number of aryl methyl sites for hydroxylation is 1. The first kappa shape index (κ1) is 18.5. The highest BCUT2D eigenvalue weighted by Gasteiger charge is 2.34. The number of benzene rings is 2. The van der Waals surface area contributed by atoms with Crippen molar-refractivity contribution in [3.8, 4) is 0 Å². The van der Waals surface area contributed by atoms with Crippen LogP contribution in [0.3, 0.4) is 0 Å². The fourth-order valence-corrected chi connectivity index (χ4v) is 3.98. The average molecular weight is 379 g/mol. The summed E-state index contributed by atoms with van der Waals surface area (Å²) < 4.78 is 5.42. The van der Waals surface area contributed by atoms with Gasteiger partial charge in [-0.1, -0.05) is 47.0 Å². The van der Waals surface area contributed by atoms with E-state index >= 15 is 0 Å².